The normalized spacial score (nSPS) is 10.9. The van der Waals surface area contributed by atoms with E-state index in [-0.39, 0.29) is 0 Å². The third kappa shape index (κ3) is 4.29. The third-order valence-corrected chi connectivity index (χ3v) is 3.36. The summed E-state index contributed by atoms with van der Waals surface area (Å²) in [7, 11) is 3.18. The Morgan fingerprint density at radius 1 is 1.08 bits per heavy atom. The molecular weight excluding hydrogens is 306 g/mol. The fourth-order valence-corrected chi connectivity index (χ4v) is 2.16. The first-order valence-electron chi connectivity index (χ1n) is 7.60. The predicted molar refractivity (Wildman–Crippen MR) is 94.2 cm³/mol. The summed E-state index contributed by atoms with van der Waals surface area (Å²) in [6.45, 7) is 2.09. The summed E-state index contributed by atoms with van der Waals surface area (Å²) in [5.41, 5.74) is 1.89. The highest BCUT2D eigenvalue weighted by atomic mass is 16.5. The molecule has 0 aliphatic heterocycles. The summed E-state index contributed by atoms with van der Waals surface area (Å²) in [4.78, 5) is 12.3. The molecule has 2 aromatic carbocycles. The minimum Gasteiger partial charge on any atom is -0.497 e. The molecule has 0 heterocycles. The Balaban J connectivity index is 2.35. The van der Waals surface area contributed by atoms with Gasteiger partial charge in [0.05, 0.1) is 32.1 Å². The van der Waals surface area contributed by atoms with E-state index in [9.17, 15) is 4.79 Å². The molecule has 0 aliphatic carbocycles. The number of benzene rings is 2. The Labute approximate surface area is 141 Å². The van der Waals surface area contributed by atoms with Crippen molar-refractivity contribution in [3.05, 3.63) is 60.3 Å². The standard InChI is InChI=1S/C19H21NO4/c1-4-24-19(21)16(14-8-6-5-7-9-14)13-20-17-12-15(22-2)10-11-18(17)23-3/h5-13,20H,4H2,1-3H3/b16-13-. The van der Waals surface area contributed by atoms with Gasteiger partial charge in [0.25, 0.3) is 0 Å². The van der Waals surface area contributed by atoms with Gasteiger partial charge >= 0.3 is 5.97 Å². The van der Waals surface area contributed by atoms with Crippen molar-refractivity contribution in [1.82, 2.24) is 0 Å². The predicted octanol–water partition coefficient (Wildman–Crippen LogP) is 3.72. The molecule has 0 atom stereocenters. The van der Waals surface area contributed by atoms with Crippen molar-refractivity contribution in [2.24, 2.45) is 0 Å². The van der Waals surface area contributed by atoms with E-state index in [1.165, 1.54) is 0 Å². The van der Waals surface area contributed by atoms with Gasteiger partial charge in [0.15, 0.2) is 0 Å². The lowest BCUT2D eigenvalue weighted by atomic mass is 10.1. The maximum Gasteiger partial charge on any atom is 0.340 e. The molecule has 24 heavy (non-hydrogen) atoms. The van der Waals surface area contributed by atoms with E-state index in [1.807, 2.05) is 30.3 Å². The molecule has 0 unspecified atom stereocenters. The van der Waals surface area contributed by atoms with E-state index in [2.05, 4.69) is 5.32 Å². The van der Waals surface area contributed by atoms with Gasteiger partial charge in [-0.15, -0.1) is 0 Å². The molecule has 0 fully saturated rings. The first-order valence-corrected chi connectivity index (χ1v) is 7.60. The van der Waals surface area contributed by atoms with Gasteiger partial charge in [-0.3, -0.25) is 0 Å². The largest absolute Gasteiger partial charge is 0.497 e. The van der Waals surface area contributed by atoms with Crippen LogP contribution in [0.4, 0.5) is 5.69 Å². The van der Waals surface area contributed by atoms with E-state index >= 15 is 0 Å². The number of methoxy groups -OCH3 is 2. The molecule has 0 aliphatic rings. The third-order valence-electron chi connectivity index (χ3n) is 3.36. The number of anilines is 1. The average Bonchev–Trinajstić information content (AvgIpc) is 2.63. The van der Waals surface area contributed by atoms with Crippen molar-refractivity contribution in [3.63, 3.8) is 0 Å². The van der Waals surface area contributed by atoms with Crippen LogP contribution in [0.1, 0.15) is 12.5 Å². The van der Waals surface area contributed by atoms with Crippen LogP contribution in [0.5, 0.6) is 11.5 Å². The lowest BCUT2D eigenvalue weighted by molar-refractivity contribution is -0.136. The molecule has 0 amide bonds. The van der Waals surface area contributed by atoms with Crippen molar-refractivity contribution in [2.75, 3.05) is 26.1 Å². The number of hydrogen-bond acceptors (Lipinski definition) is 5. The SMILES string of the molecule is CCOC(=O)/C(=C\Nc1cc(OC)ccc1OC)c1ccccc1. The Hall–Kier alpha value is -2.95. The Kier molecular flexibility index (Phi) is 6.25. The maximum atomic E-state index is 12.3. The van der Waals surface area contributed by atoms with Crippen LogP contribution in [-0.4, -0.2) is 26.8 Å². The number of hydrogen-bond donors (Lipinski definition) is 1. The fourth-order valence-electron chi connectivity index (χ4n) is 2.16. The van der Waals surface area contributed by atoms with Gasteiger partial charge in [-0.1, -0.05) is 30.3 Å². The smallest absolute Gasteiger partial charge is 0.340 e. The van der Waals surface area contributed by atoms with Gasteiger partial charge in [-0.2, -0.15) is 0 Å². The first kappa shape index (κ1) is 17.4. The first-order chi connectivity index (χ1) is 11.7. The quantitative estimate of drug-likeness (QED) is 0.620. The van der Waals surface area contributed by atoms with Crippen molar-refractivity contribution >= 4 is 17.2 Å². The van der Waals surface area contributed by atoms with E-state index in [1.54, 1.807) is 45.5 Å². The molecule has 1 N–H and O–H groups in total. The van der Waals surface area contributed by atoms with Crippen LogP contribution in [0.2, 0.25) is 0 Å². The molecule has 2 aromatic rings. The van der Waals surface area contributed by atoms with Crippen LogP contribution in [0.3, 0.4) is 0 Å². The number of rotatable bonds is 7. The molecule has 5 heteroatoms. The van der Waals surface area contributed by atoms with Gasteiger partial charge in [0.1, 0.15) is 11.5 Å². The summed E-state index contributed by atoms with van der Waals surface area (Å²) < 4.78 is 15.7. The minimum atomic E-state index is -0.391. The highest BCUT2D eigenvalue weighted by molar-refractivity contribution is 6.16. The average molecular weight is 327 g/mol. The number of ether oxygens (including phenoxy) is 3. The Bertz CT molecular complexity index is 711. The zero-order chi connectivity index (χ0) is 17.4. The summed E-state index contributed by atoms with van der Waals surface area (Å²) in [5, 5.41) is 3.11. The minimum absolute atomic E-state index is 0.311. The van der Waals surface area contributed by atoms with Crippen molar-refractivity contribution in [1.29, 1.82) is 0 Å². The molecule has 0 aromatic heterocycles. The molecule has 2 rings (SSSR count). The van der Waals surface area contributed by atoms with Crippen LogP contribution in [0, 0.1) is 0 Å². The second kappa shape index (κ2) is 8.62. The molecule has 0 spiro atoms. The van der Waals surface area contributed by atoms with E-state index in [0.717, 1.165) is 5.56 Å². The maximum absolute atomic E-state index is 12.3. The summed E-state index contributed by atoms with van der Waals surface area (Å²) in [5.74, 6) is 0.936. The van der Waals surface area contributed by atoms with Crippen LogP contribution < -0.4 is 14.8 Å². The van der Waals surface area contributed by atoms with Crippen LogP contribution in [0.15, 0.2) is 54.7 Å². The van der Waals surface area contributed by atoms with Gasteiger partial charge in [0, 0.05) is 12.3 Å². The molecule has 0 radical (unpaired) electrons. The molecule has 126 valence electrons. The number of nitrogens with one attached hydrogen (secondary N) is 1. The second-order valence-corrected chi connectivity index (χ2v) is 4.86. The molecular formula is C19H21NO4. The van der Waals surface area contributed by atoms with Gasteiger partial charge in [-0.25, -0.2) is 4.79 Å². The van der Waals surface area contributed by atoms with Gasteiger partial charge in [0.2, 0.25) is 0 Å². The highest BCUT2D eigenvalue weighted by Crippen LogP contribution is 2.29. The summed E-state index contributed by atoms with van der Waals surface area (Å²) >= 11 is 0. The Morgan fingerprint density at radius 2 is 1.83 bits per heavy atom. The second-order valence-electron chi connectivity index (χ2n) is 4.86. The molecule has 0 bridgehead atoms. The van der Waals surface area contributed by atoms with Crippen molar-refractivity contribution < 1.29 is 19.0 Å². The Morgan fingerprint density at radius 3 is 2.46 bits per heavy atom. The van der Waals surface area contributed by atoms with E-state index < -0.39 is 5.97 Å². The summed E-state index contributed by atoms with van der Waals surface area (Å²) in [6.07, 6.45) is 1.62. The number of carbonyl (C=O) groups is 1. The zero-order valence-electron chi connectivity index (χ0n) is 14.0. The number of carbonyl (C=O) groups excluding carboxylic acids is 1. The molecule has 0 saturated heterocycles. The molecule has 0 saturated carbocycles. The summed E-state index contributed by atoms with van der Waals surface area (Å²) in [6, 6.07) is 14.7. The lowest BCUT2D eigenvalue weighted by Crippen LogP contribution is -2.08. The van der Waals surface area contributed by atoms with Crippen molar-refractivity contribution in [3.8, 4) is 11.5 Å². The molecule has 5 nitrogen and oxygen atoms in total. The van der Waals surface area contributed by atoms with E-state index in [4.69, 9.17) is 14.2 Å². The van der Waals surface area contributed by atoms with Crippen LogP contribution in [-0.2, 0) is 9.53 Å². The monoisotopic (exact) mass is 327 g/mol. The van der Waals surface area contributed by atoms with Gasteiger partial charge in [-0.05, 0) is 24.6 Å². The van der Waals surface area contributed by atoms with E-state index in [0.29, 0.717) is 29.4 Å². The van der Waals surface area contributed by atoms with Gasteiger partial charge < -0.3 is 19.5 Å². The zero-order valence-corrected chi connectivity index (χ0v) is 14.0. The lowest BCUT2D eigenvalue weighted by Gasteiger charge is -2.12. The topological polar surface area (TPSA) is 56.8 Å². The van der Waals surface area contributed by atoms with Crippen LogP contribution >= 0.6 is 0 Å². The van der Waals surface area contributed by atoms with Crippen molar-refractivity contribution in [2.45, 2.75) is 6.92 Å². The fraction of sp³-hybridized carbons (Fsp3) is 0.211. The highest BCUT2D eigenvalue weighted by Gasteiger charge is 2.13. The number of esters is 1. The van der Waals surface area contributed by atoms with Crippen LogP contribution in [0.25, 0.3) is 5.57 Å².